The number of nitriles is 1. The zero-order chi connectivity index (χ0) is 18.4. The predicted octanol–water partition coefficient (Wildman–Crippen LogP) is 4.18. The average molecular weight is 346 g/mol. The number of nitrogens with zero attached hydrogens (tertiary/aromatic N) is 2. The summed E-state index contributed by atoms with van der Waals surface area (Å²) in [7, 11) is 1.70. The fourth-order valence-corrected chi connectivity index (χ4v) is 2.94. The van der Waals surface area contributed by atoms with Crippen molar-refractivity contribution >= 4 is 12.0 Å². The molecule has 0 aromatic heterocycles. The second kappa shape index (κ2) is 7.88. The van der Waals surface area contributed by atoms with Crippen LogP contribution in [0.25, 0.3) is 6.08 Å². The van der Waals surface area contributed by atoms with Crippen LogP contribution in [0.4, 0.5) is 0 Å². The van der Waals surface area contributed by atoms with E-state index in [1.165, 1.54) is 6.08 Å². The second-order valence-corrected chi connectivity index (χ2v) is 6.57. The molecule has 1 fully saturated rings. The zero-order valence-corrected chi connectivity index (χ0v) is 14.9. The molecule has 26 heavy (non-hydrogen) atoms. The molecule has 4 heteroatoms. The maximum absolute atomic E-state index is 12.3. The van der Waals surface area contributed by atoms with Crippen LogP contribution in [0.15, 0.2) is 60.7 Å². The van der Waals surface area contributed by atoms with Crippen LogP contribution in [0, 0.1) is 11.3 Å². The number of amides is 1. The molecule has 1 amide bonds. The van der Waals surface area contributed by atoms with Crippen molar-refractivity contribution in [2.24, 2.45) is 0 Å². The van der Waals surface area contributed by atoms with Crippen LogP contribution in [0.3, 0.4) is 0 Å². The first-order chi connectivity index (χ1) is 12.6. The number of likely N-dealkylation sites (N-methyl/N-ethyl adjacent to an activating group) is 1. The van der Waals surface area contributed by atoms with Crippen LogP contribution in [0.2, 0.25) is 0 Å². The largest absolute Gasteiger partial charge is 0.489 e. The highest BCUT2D eigenvalue weighted by Gasteiger charge is 2.42. The summed E-state index contributed by atoms with van der Waals surface area (Å²) in [6.45, 7) is 0.523. The van der Waals surface area contributed by atoms with Gasteiger partial charge >= 0.3 is 0 Å². The number of hydrogen-bond donors (Lipinski definition) is 0. The van der Waals surface area contributed by atoms with Gasteiger partial charge in [0.05, 0.1) is 6.07 Å². The Kier molecular flexibility index (Phi) is 5.38. The molecule has 132 valence electrons. The van der Waals surface area contributed by atoms with Gasteiger partial charge in [0.25, 0.3) is 0 Å². The van der Waals surface area contributed by atoms with Gasteiger partial charge in [0.15, 0.2) is 0 Å². The zero-order valence-electron chi connectivity index (χ0n) is 14.9. The van der Waals surface area contributed by atoms with E-state index in [0.29, 0.717) is 6.61 Å². The number of ether oxygens (including phenoxy) is 1. The Morgan fingerprint density at radius 1 is 1.19 bits per heavy atom. The molecule has 0 bridgehead atoms. The summed E-state index contributed by atoms with van der Waals surface area (Å²) >= 11 is 0. The smallest absolute Gasteiger partial charge is 0.247 e. The highest BCUT2D eigenvalue weighted by molar-refractivity contribution is 5.92. The summed E-state index contributed by atoms with van der Waals surface area (Å²) < 4.78 is 5.76. The van der Waals surface area contributed by atoms with Gasteiger partial charge in [-0.15, -0.1) is 0 Å². The van der Waals surface area contributed by atoms with Crippen molar-refractivity contribution in [3.05, 3.63) is 71.8 Å². The van der Waals surface area contributed by atoms with E-state index in [2.05, 4.69) is 6.07 Å². The summed E-state index contributed by atoms with van der Waals surface area (Å²) in [5.41, 5.74) is 1.42. The minimum absolute atomic E-state index is 0.143. The van der Waals surface area contributed by atoms with Gasteiger partial charge in [-0.2, -0.15) is 5.26 Å². The van der Waals surface area contributed by atoms with Crippen molar-refractivity contribution in [3.63, 3.8) is 0 Å². The van der Waals surface area contributed by atoms with E-state index in [1.807, 2.05) is 54.6 Å². The molecule has 0 unspecified atom stereocenters. The number of benzene rings is 2. The van der Waals surface area contributed by atoms with Gasteiger partial charge in [0.2, 0.25) is 5.91 Å². The molecule has 0 N–H and O–H groups in total. The van der Waals surface area contributed by atoms with E-state index >= 15 is 0 Å². The summed E-state index contributed by atoms with van der Waals surface area (Å²) in [6.07, 6.45) is 5.81. The third-order valence-corrected chi connectivity index (χ3v) is 4.91. The van der Waals surface area contributed by atoms with Crippen molar-refractivity contribution in [2.45, 2.75) is 31.4 Å². The van der Waals surface area contributed by atoms with Crippen molar-refractivity contribution in [1.82, 2.24) is 4.90 Å². The Balaban J connectivity index is 1.56. The van der Waals surface area contributed by atoms with Crippen LogP contribution >= 0.6 is 0 Å². The van der Waals surface area contributed by atoms with Crippen LogP contribution in [-0.2, 0) is 11.4 Å². The van der Waals surface area contributed by atoms with Crippen molar-refractivity contribution in [2.75, 3.05) is 7.05 Å². The highest BCUT2D eigenvalue weighted by Crippen LogP contribution is 2.36. The minimum Gasteiger partial charge on any atom is -0.489 e. The van der Waals surface area contributed by atoms with E-state index in [4.69, 9.17) is 4.74 Å². The fraction of sp³-hybridized carbons (Fsp3) is 0.273. The number of carbonyl (C=O) groups excluding carboxylic acids is 1. The maximum atomic E-state index is 12.3. The van der Waals surface area contributed by atoms with Gasteiger partial charge in [-0.25, -0.2) is 0 Å². The lowest BCUT2D eigenvalue weighted by Crippen LogP contribution is -2.52. The quantitative estimate of drug-likeness (QED) is 0.737. The minimum atomic E-state index is -0.615. The molecule has 2 aromatic rings. The van der Waals surface area contributed by atoms with Gasteiger partial charge in [-0.3, -0.25) is 4.79 Å². The molecule has 1 saturated carbocycles. The normalized spacial score (nSPS) is 15.1. The standard InChI is InChI=1S/C22H22N2O2/c1-24(22(17-23)14-5-15-22)21(25)13-10-18-8-11-20(12-9-18)26-16-19-6-3-2-4-7-19/h2-4,6-13H,5,14-16H2,1H3/b13-10+. The molecular formula is C22H22N2O2. The Labute approximate surface area is 154 Å². The summed E-state index contributed by atoms with van der Waals surface area (Å²) in [4.78, 5) is 13.9. The Morgan fingerprint density at radius 2 is 1.88 bits per heavy atom. The van der Waals surface area contributed by atoms with Crippen molar-refractivity contribution in [3.8, 4) is 11.8 Å². The van der Waals surface area contributed by atoms with Crippen LogP contribution in [-0.4, -0.2) is 23.4 Å². The second-order valence-electron chi connectivity index (χ2n) is 6.57. The van der Waals surface area contributed by atoms with E-state index < -0.39 is 5.54 Å². The van der Waals surface area contributed by atoms with Crippen molar-refractivity contribution in [1.29, 1.82) is 5.26 Å². The van der Waals surface area contributed by atoms with Crippen LogP contribution in [0.1, 0.15) is 30.4 Å². The Bertz CT molecular complexity index is 815. The molecule has 0 saturated heterocycles. The molecule has 1 aliphatic carbocycles. The monoisotopic (exact) mass is 346 g/mol. The lowest BCUT2D eigenvalue weighted by molar-refractivity contribution is -0.130. The molecule has 4 nitrogen and oxygen atoms in total. The fourth-order valence-electron chi connectivity index (χ4n) is 2.94. The van der Waals surface area contributed by atoms with E-state index in [9.17, 15) is 10.1 Å². The van der Waals surface area contributed by atoms with Crippen LogP contribution < -0.4 is 4.74 Å². The molecule has 0 radical (unpaired) electrons. The molecule has 2 aromatic carbocycles. The predicted molar refractivity (Wildman–Crippen MR) is 101 cm³/mol. The first-order valence-corrected chi connectivity index (χ1v) is 8.77. The summed E-state index contributed by atoms with van der Waals surface area (Å²) in [5.74, 6) is 0.642. The topological polar surface area (TPSA) is 53.3 Å². The molecule has 3 rings (SSSR count). The molecule has 1 aliphatic rings. The first-order valence-electron chi connectivity index (χ1n) is 8.77. The lowest BCUT2D eigenvalue weighted by atomic mass is 9.76. The van der Waals surface area contributed by atoms with Crippen LogP contribution in [0.5, 0.6) is 5.75 Å². The van der Waals surface area contributed by atoms with E-state index in [0.717, 1.165) is 36.1 Å². The van der Waals surface area contributed by atoms with Gasteiger partial charge in [-0.05, 0) is 48.6 Å². The molecule has 0 spiro atoms. The summed E-state index contributed by atoms with van der Waals surface area (Å²) in [6, 6.07) is 19.9. The van der Waals surface area contributed by atoms with E-state index in [-0.39, 0.29) is 5.91 Å². The number of rotatable bonds is 6. The van der Waals surface area contributed by atoms with Gasteiger partial charge in [-0.1, -0.05) is 42.5 Å². The Hall–Kier alpha value is -3.06. The van der Waals surface area contributed by atoms with Gasteiger partial charge in [0.1, 0.15) is 17.9 Å². The SMILES string of the molecule is CN(C(=O)/C=C/c1ccc(OCc2ccccc2)cc1)C1(C#N)CCC1. The number of carbonyl (C=O) groups is 1. The molecule has 0 aliphatic heterocycles. The number of hydrogen-bond acceptors (Lipinski definition) is 3. The first kappa shape index (κ1) is 17.8. The molecular weight excluding hydrogens is 324 g/mol. The van der Waals surface area contributed by atoms with E-state index in [1.54, 1.807) is 18.0 Å². The maximum Gasteiger partial charge on any atom is 0.247 e. The highest BCUT2D eigenvalue weighted by atomic mass is 16.5. The lowest BCUT2D eigenvalue weighted by Gasteiger charge is -2.42. The van der Waals surface area contributed by atoms with Gasteiger partial charge < -0.3 is 9.64 Å². The summed E-state index contributed by atoms with van der Waals surface area (Å²) in [5, 5.41) is 9.32. The molecule has 0 heterocycles. The van der Waals surface area contributed by atoms with Gasteiger partial charge in [0, 0.05) is 13.1 Å². The average Bonchev–Trinajstić information content (AvgIpc) is 2.65. The molecule has 0 atom stereocenters. The third-order valence-electron chi connectivity index (χ3n) is 4.91. The van der Waals surface area contributed by atoms with Crippen molar-refractivity contribution < 1.29 is 9.53 Å². The third kappa shape index (κ3) is 3.94. The Morgan fingerprint density at radius 3 is 2.46 bits per heavy atom.